The Hall–Kier alpha value is -2.73. The van der Waals surface area contributed by atoms with E-state index < -0.39 is 0 Å². The predicted octanol–water partition coefficient (Wildman–Crippen LogP) is 2.27. The van der Waals surface area contributed by atoms with Crippen molar-refractivity contribution in [3.05, 3.63) is 58.6 Å². The van der Waals surface area contributed by atoms with Crippen LogP contribution in [0.2, 0.25) is 5.02 Å². The summed E-state index contributed by atoms with van der Waals surface area (Å²) < 4.78 is 10.9. The third-order valence-electron chi connectivity index (χ3n) is 3.62. The molecule has 2 aromatic carbocycles. The van der Waals surface area contributed by atoms with Crippen LogP contribution in [0.1, 0.15) is 20.7 Å². The Morgan fingerprint density at radius 3 is 2.36 bits per heavy atom. The average Bonchev–Trinajstić information content (AvgIpc) is 2.64. The van der Waals surface area contributed by atoms with Crippen LogP contribution in [0.3, 0.4) is 0 Å². The molecule has 2 aromatic rings. The highest BCUT2D eigenvalue weighted by Gasteiger charge is 2.15. The van der Waals surface area contributed by atoms with Gasteiger partial charge in [-0.3, -0.25) is 9.59 Å². The number of carbonyl (C=O) groups is 2. The molecule has 0 saturated carbocycles. The molecule has 0 atom stereocenters. The minimum absolute atomic E-state index is 0.246. The summed E-state index contributed by atoms with van der Waals surface area (Å²) >= 11 is 5.97. The van der Waals surface area contributed by atoms with Crippen molar-refractivity contribution in [1.29, 1.82) is 0 Å². The Kier molecular flexibility index (Phi) is 5.40. The molecule has 0 spiro atoms. The smallest absolute Gasteiger partial charge is 0.252 e. The molecular weight excluding hydrogens is 344 g/mol. The lowest BCUT2D eigenvalue weighted by atomic mass is 10.2. The summed E-state index contributed by atoms with van der Waals surface area (Å²) in [5.74, 6) is 0.670. The molecule has 3 rings (SSSR count). The van der Waals surface area contributed by atoms with Crippen molar-refractivity contribution in [3.63, 3.8) is 0 Å². The zero-order chi connectivity index (χ0) is 17.6. The fourth-order valence-corrected chi connectivity index (χ4v) is 2.60. The highest BCUT2D eigenvalue weighted by atomic mass is 35.5. The Morgan fingerprint density at radius 2 is 1.60 bits per heavy atom. The van der Waals surface area contributed by atoms with E-state index in [0.717, 1.165) is 0 Å². The topological polar surface area (TPSA) is 76.7 Å². The first-order valence-electron chi connectivity index (χ1n) is 7.86. The molecule has 0 fully saturated rings. The van der Waals surface area contributed by atoms with Crippen molar-refractivity contribution >= 4 is 23.4 Å². The van der Waals surface area contributed by atoms with Gasteiger partial charge in [-0.15, -0.1) is 0 Å². The van der Waals surface area contributed by atoms with Gasteiger partial charge in [0.25, 0.3) is 11.8 Å². The predicted molar refractivity (Wildman–Crippen MR) is 93.6 cm³/mol. The molecule has 130 valence electrons. The quantitative estimate of drug-likeness (QED) is 0.802. The number of nitrogens with one attached hydrogen (secondary N) is 2. The van der Waals surface area contributed by atoms with Gasteiger partial charge in [-0.2, -0.15) is 0 Å². The molecule has 0 unspecified atom stereocenters. The molecule has 25 heavy (non-hydrogen) atoms. The van der Waals surface area contributed by atoms with Gasteiger partial charge in [0.05, 0.1) is 10.6 Å². The van der Waals surface area contributed by atoms with Crippen LogP contribution in [-0.4, -0.2) is 38.1 Å². The summed E-state index contributed by atoms with van der Waals surface area (Å²) in [6, 6.07) is 11.8. The second kappa shape index (κ2) is 7.90. The monoisotopic (exact) mass is 360 g/mol. The van der Waals surface area contributed by atoms with Gasteiger partial charge in [-0.1, -0.05) is 23.7 Å². The molecule has 1 heterocycles. The Morgan fingerprint density at radius 1 is 0.920 bits per heavy atom. The number of amides is 2. The van der Waals surface area contributed by atoms with Crippen molar-refractivity contribution in [2.45, 2.75) is 0 Å². The lowest BCUT2D eigenvalue weighted by Gasteiger charge is -2.18. The number of fused-ring (bicyclic) bond motifs is 1. The third-order valence-corrected chi connectivity index (χ3v) is 3.95. The van der Waals surface area contributed by atoms with E-state index in [-0.39, 0.29) is 11.8 Å². The minimum Gasteiger partial charge on any atom is -0.486 e. The number of ether oxygens (including phenoxy) is 2. The van der Waals surface area contributed by atoms with E-state index >= 15 is 0 Å². The van der Waals surface area contributed by atoms with Crippen molar-refractivity contribution in [2.24, 2.45) is 0 Å². The summed E-state index contributed by atoms with van der Waals surface area (Å²) in [7, 11) is 0. The fraction of sp³-hybridized carbons (Fsp3) is 0.222. The molecule has 1 aliphatic rings. The van der Waals surface area contributed by atoms with Crippen LogP contribution in [0, 0.1) is 0 Å². The molecular formula is C18H17ClN2O4. The van der Waals surface area contributed by atoms with Gasteiger partial charge in [-0.05, 0) is 30.3 Å². The van der Waals surface area contributed by atoms with Gasteiger partial charge < -0.3 is 20.1 Å². The first-order chi connectivity index (χ1) is 12.1. The van der Waals surface area contributed by atoms with Crippen LogP contribution in [0.15, 0.2) is 42.5 Å². The molecule has 7 heteroatoms. The van der Waals surface area contributed by atoms with Gasteiger partial charge in [0.2, 0.25) is 0 Å². The minimum atomic E-state index is -0.279. The Bertz CT molecular complexity index is 794. The van der Waals surface area contributed by atoms with E-state index in [9.17, 15) is 9.59 Å². The van der Waals surface area contributed by atoms with Crippen molar-refractivity contribution in [2.75, 3.05) is 26.3 Å². The van der Waals surface area contributed by atoms with E-state index in [1.54, 1.807) is 42.5 Å². The van der Waals surface area contributed by atoms with Crippen LogP contribution in [0.25, 0.3) is 0 Å². The Labute approximate surface area is 150 Å². The number of benzene rings is 2. The number of halogens is 1. The molecule has 2 amide bonds. The van der Waals surface area contributed by atoms with E-state index in [2.05, 4.69) is 10.6 Å². The van der Waals surface area contributed by atoms with Crippen LogP contribution in [-0.2, 0) is 0 Å². The van der Waals surface area contributed by atoms with Crippen molar-refractivity contribution in [1.82, 2.24) is 10.6 Å². The number of rotatable bonds is 5. The second-order valence-electron chi connectivity index (χ2n) is 5.35. The van der Waals surface area contributed by atoms with Crippen LogP contribution >= 0.6 is 11.6 Å². The van der Waals surface area contributed by atoms with Crippen LogP contribution in [0.4, 0.5) is 0 Å². The van der Waals surface area contributed by atoms with Crippen LogP contribution < -0.4 is 20.1 Å². The van der Waals surface area contributed by atoms with Gasteiger partial charge in [0.1, 0.15) is 13.2 Å². The third kappa shape index (κ3) is 4.22. The normalized spacial score (nSPS) is 12.4. The van der Waals surface area contributed by atoms with E-state index in [1.165, 1.54) is 0 Å². The highest BCUT2D eigenvalue weighted by molar-refractivity contribution is 6.33. The number of carbonyl (C=O) groups excluding carboxylic acids is 2. The zero-order valence-corrected chi connectivity index (χ0v) is 14.1. The zero-order valence-electron chi connectivity index (χ0n) is 13.4. The van der Waals surface area contributed by atoms with Crippen LogP contribution in [0.5, 0.6) is 11.5 Å². The lowest BCUT2D eigenvalue weighted by molar-refractivity contribution is 0.0927. The summed E-state index contributed by atoms with van der Waals surface area (Å²) in [5, 5.41) is 5.85. The standard InChI is InChI=1S/C18H17ClN2O4/c19-14-4-2-1-3-13(14)18(23)21-8-7-20-17(22)12-5-6-15-16(11-12)25-10-9-24-15/h1-6,11H,7-10H2,(H,20,22)(H,21,23). The Balaban J connectivity index is 1.48. The molecule has 0 aromatic heterocycles. The molecule has 0 bridgehead atoms. The first kappa shape index (κ1) is 17.1. The second-order valence-corrected chi connectivity index (χ2v) is 5.76. The van der Waals surface area contributed by atoms with E-state index in [4.69, 9.17) is 21.1 Å². The van der Waals surface area contributed by atoms with Crippen molar-refractivity contribution in [3.8, 4) is 11.5 Å². The maximum atomic E-state index is 12.2. The van der Waals surface area contributed by atoms with Gasteiger partial charge in [0, 0.05) is 18.7 Å². The van der Waals surface area contributed by atoms with E-state index in [0.29, 0.717) is 54.0 Å². The summed E-state index contributed by atoms with van der Waals surface area (Å²) in [5.41, 5.74) is 0.879. The molecule has 0 saturated heterocycles. The van der Waals surface area contributed by atoms with Gasteiger partial charge >= 0.3 is 0 Å². The average molecular weight is 361 g/mol. The fourth-order valence-electron chi connectivity index (χ4n) is 2.38. The molecule has 0 radical (unpaired) electrons. The lowest BCUT2D eigenvalue weighted by Crippen LogP contribution is -2.34. The maximum absolute atomic E-state index is 12.2. The number of hydrogen-bond donors (Lipinski definition) is 2. The molecule has 0 aliphatic carbocycles. The van der Waals surface area contributed by atoms with Gasteiger partial charge in [-0.25, -0.2) is 0 Å². The summed E-state index contributed by atoms with van der Waals surface area (Å²) in [6.45, 7) is 1.56. The molecule has 2 N–H and O–H groups in total. The van der Waals surface area contributed by atoms with Crippen molar-refractivity contribution < 1.29 is 19.1 Å². The van der Waals surface area contributed by atoms with Gasteiger partial charge in [0.15, 0.2) is 11.5 Å². The summed E-state index contributed by atoms with van der Waals surface area (Å²) in [6.07, 6.45) is 0. The first-order valence-corrected chi connectivity index (χ1v) is 8.23. The largest absolute Gasteiger partial charge is 0.486 e. The summed E-state index contributed by atoms with van der Waals surface area (Å²) in [4.78, 5) is 24.2. The maximum Gasteiger partial charge on any atom is 0.252 e. The SMILES string of the molecule is O=C(NCCNC(=O)c1ccccc1Cl)c1ccc2c(c1)OCCO2. The highest BCUT2D eigenvalue weighted by Crippen LogP contribution is 2.30. The number of hydrogen-bond acceptors (Lipinski definition) is 4. The molecule has 1 aliphatic heterocycles. The van der Waals surface area contributed by atoms with E-state index in [1.807, 2.05) is 0 Å². The molecule has 6 nitrogen and oxygen atoms in total.